The van der Waals surface area contributed by atoms with Crippen LogP contribution in [0, 0.1) is 5.92 Å². The van der Waals surface area contributed by atoms with Crippen LogP contribution in [0.3, 0.4) is 0 Å². The fourth-order valence-electron chi connectivity index (χ4n) is 3.61. The number of hydrazone groups is 1. The fraction of sp³-hybridized carbons (Fsp3) is 0.333. The van der Waals surface area contributed by atoms with Crippen LogP contribution in [0.25, 0.3) is 0 Å². The lowest BCUT2D eigenvalue weighted by atomic mass is 9.87. The molecule has 3 atom stereocenters. The van der Waals surface area contributed by atoms with Crippen molar-refractivity contribution < 1.29 is 14.6 Å². The Hall–Kier alpha value is -2.49. The van der Waals surface area contributed by atoms with Crippen molar-refractivity contribution in [3.05, 3.63) is 77.1 Å². The third-order valence-corrected chi connectivity index (χ3v) is 5.39. The molecule has 0 radical (unpaired) electrons. The first-order valence-electron chi connectivity index (χ1n) is 10.2. The van der Waals surface area contributed by atoms with Gasteiger partial charge in [-0.05, 0) is 35.9 Å². The van der Waals surface area contributed by atoms with E-state index >= 15 is 0 Å². The number of aliphatic hydroxyl groups excluding tert-OH is 1. The summed E-state index contributed by atoms with van der Waals surface area (Å²) in [5.74, 6) is -0.134. The predicted octanol–water partition coefficient (Wildman–Crippen LogP) is 3.53. The van der Waals surface area contributed by atoms with E-state index < -0.39 is 12.2 Å². The Morgan fingerprint density at radius 3 is 2.67 bits per heavy atom. The average molecular weight is 424 g/mol. The van der Waals surface area contributed by atoms with Gasteiger partial charge in [-0.15, -0.1) is 9.24 Å². The molecule has 0 saturated carbocycles. The van der Waals surface area contributed by atoms with Crippen LogP contribution in [0.2, 0.25) is 0 Å². The molecule has 1 aromatic carbocycles. The van der Waals surface area contributed by atoms with Crippen molar-refractivity contribution in [1.82, 2.24) is 5.43 Å². The molecule has 2 aliphatic rings. The number of carbonyl (C=O) groups excluding carboxylic acids is 1. The Morgan fingerprint density at radius 1 is 1.30 bits per heavy atom. The van der Waals surface area contributed by atoms with Crippen molar-refractivity contribution in [2.45, 2.75) is 45.8 Å². The van der Waals surface area contributed by atoms with E-state index in [0.717, 1.165) is 33.4 Å². The summed E-state index contributed by atoms with van der Waals surface area (Å²) in [4.78, 5) is 11.7. The number of esters is 1. The van der Waals surface area contributed by atoms with Gasteiger partial charge in [0.15, 0.2) is 0 Å². The van der Waals surface area contributed by atoms with Crippen molar-refractivity contribution in [1.29, 1.82) is 0 Å². The van der Waals surface area contributed by atoms with Crippen LogP contribution in [0.5, 0.6) is 0 Å². The maximum absolute atomic E-state index is 11.7. The second-order valence-electron chi connectivity index (χ2n) is 7.76. The molecule has 1 aromatic rings. The number of nitrogens with one attached hydrogen (secondary N) is 1. The highest BCUT2D eigenvalue weighted by Crippen LogP contribution is 2.30. The zero-order valence-electron chi connectivity index (χ0n) is 17.6. The number of benzene rings is 1. The molecule has 2 aliphatic heterocycles. The summed E-state index contributed by atoms with van der Waals surface area (Å²) in [6, 6.07) is 8.14. The van der Waals surface area contributed by atoms with Crippen LogP contribution in [0.4, 0.5) is 0 Å². The van der Waals surface area contributed by atoms with Gasteiger partial charge in [-0.1, -0.05) is 56.3 Å². The smallest absolute Gasteiger partial charge is 0.309 e. The third kappa shape index (κ3) is 5.35. The molecular formula is C24H29N2O3P. The lowest BCUT2D eigenvalue weighted by molar-refractivity contribution is -0.156. The Balaban J connectivity index is 2.06. The monoisotopic (exact) mass is 424 g/mol. The van der Waals surface area contributed by atoms with Crippen molar-refractivity contribution in [3.8, 4) is 0 Å². The number of hydrogen-bond donors (Lipinski definition) is 2. The standard InChI is InChI=1S/C24H29N2O3P/c1-4-5-6-21-23(15(2)3)20(12-9-18-13-17(27)14-22(28)29-18)24(26-25-21)16-7-10-19(30)11-8-16/h4-12,15,17-18,25,27H,13-14,30H2,1-3H3/b5-4-,12-9+,21-6-. The molecule has 0 amide bonds. The summed E-state index contributed by atoms with van der Waals surface area (Å²) in [6.07, 6.45) is 9.14. The SMILES string of the molecule is C/C=C\C=C1/NN=C(c2ccc(P)cc2)C(/C=C/C2CC(O)CC(=O)O2)=C1C(C)C. The number of aliphatic hydroxyl groups is 1. The molecule has 30 heavy (non-hydrogen) atoms. The van der Waals surface area contributed by atoms with Gasteiger partial charge in [0, 0.05) is 17.6 Å². The number of carbonyl (C=O) groups is 1. The van der Waals surface area contributed by atoms with Gasteiger partial charge in [0.25, 0.3) is 0 Å². The zero-order chi connectivity index (χ0) is 21.7. The van der Waals surface area contributed by atoms with Crippen molar-refractivity contribution in [2.75, 3.05) is 0 Å². The van der Waals surface area contributed by atoms with Gasteiger partial charge in [-0.2, -0.15) is 5.10 Å². The minimum Gasteiger partial charge on any atom is -0.458 e. The summed E-state index contributed by atoms with van der Waals surface area (Å²) in [5, 5.41) is 15.7. The van der Waals surface area contributed by atoms with Crippen LogP contribution < -0.4 is 10.7 Å². The number of nitrogens with zero attached hydrogens (tertiary/aromatic N) is 1. The number of hydrogen-bond acceptors (Lipinski definition) is 5. The topological polar surface area (TPSA) is 70.9 Å². The Kier molecular flexibility index (Phi) is 7.41. The first-order valence-corrected chi connectivity index (χ1v) is 10.8. The predicted molar refractivity (Wildman–Crippen MR) is 124 cm³/mol. The summed E-state index contributed by atoms with van der Waals surface area (Å²) in [6.45, 7) is 6.27. The van der Waals surface area contributed by atoms with Gasteiger partial charge in [-0.3, -0.25) is 10.2 Å². The summed E-state index contributed by atoms with van der Waals surface area (Å²) in [7, 11) is 2.69. The number of allylic oxidation sites excluding steroid dienone is 6. The van der Waals surface area contributed by atoms with Gasteiger partial charge in [0.1, 0.15) is 6.10 Å². The van der Waals surface area contributed by atoms with E-state index in [1.807, 2.05) is 61.6 Å². The van der Waals surface area contributed by atoms with Gasteiger partial charge in [0.2, 0.25) is 0 Å². The maximum Gasteiger partial charge on any atom is 0.309 e. The molecular weight excluding hydrogens is 395 g/mol. The Bertz CT molecular complexity index is 940. The Labute approximate surface area is 180 Å². The van der Waals surface area contributed by atoms with Crippen LogP contribution >= 0.6 is 9.24 Å². The van der Waals surface area contributed by atoms with E-state index in [2.05, 4.69) is 33.6 Å². The molecule has 0 bridgehead atoms. The first-order chi connectivity index (χ1) is 14.4. The lowest BCUT2D eigenvalue weighted by Crippen LogP contribution is -2.31. The van der Waals surface area contributed by atoms with Crippen LogP contribution in [-0.4, -0.2) is 29.0 Å². The van der Waals surface area contributed by atoms with Crippen LogP contribution in [0.15, 0.2) is 76.6 Å². The fourth-order valence-corrected chi connectivity index (χ4v) is 3.80. The Morgan fingerprint density at radius 2 is 2.03 bits per heavy atom. The van der Waals surface area contributed by atoms with Gasteiger partial charge < -0.3 is 9.84 Å². The van der Waals surface area contributed by atoms with E-state index in [4.69, 9.17) is 4.74 Å². The van der Waals surface area contributed by atoms with Gasteiger partial charge in [-0.25, -0.2) is 0 Å². The molecule has 5 nitrogen and oxygen atoms in total. The van der Waals surface area contributed by atoms with Crippen LogP contribution in [-0.2, 0) is 9.53 Å². The quantitative estimate of drug-likeness (QED) is 0.560. The largest absolute Gasteiger partial charge is 0.458 e. The molecule has 2 heterocycles. The van der Waals surface area contributed by atoms with Crippen molar-refractivity contribution in [2.24, 2.45) is 11.0 Å². The highest BCUT2D eigenvalue weighted by molar-refractivity contribution is 7.27. The zero-order valence-corrected chi connectivity index (χ0v) is 18.8. The van der Waals surface area contributed by atoms with Crippen molar-refractivity contribution >= 4 is 26.2 Å². The molecule has 3 rings (SSSR count). The molecule has 1 fully saturated rings. The number of cyclic esters (lactones) is 1. The highest BCUT2D eigenvalue weighted by Gasteiger charge is 2.27. The highest BCUT2D eigenvalue weighted by atomic mass is 31.0. The lowest BCUT2D eigenvalue weighted by Gasteiger charge is -2.26. The van der Waals surface area contributed by atoms with Gasteiger partial charge >= 0.3 is 5.97 Å². The normalized spacial score (nSPS) is 24.0. The molecule has 0 spiro atoms. The first kappa shape index (κ1) is 22.2. The number of rotatable bonds is 5. The maximum atomic E-state index is 11.7. The summed E-state index contributed by atoms with van der Waals surface area (Å²) < 4.78 is 5.40. The molecule has 0 aromatic heterocycles. The van der Waals surface area contributed by atoms with Crippen LogP contribution in [0.1, 0.15) is 39.2 Å². The third-order valence-electron chi connectivity index (χ3n) is 5.01. The van der Waals surface area contributed by atoms with E-state index in [-0.39, 0.29) is 18.3 Å². The molecule has 3 unspecified atom stereocenters. The number of ether oxygens (including phenoxy) is 1. The minimum absolute atomic E-state index is 0.0541. The van der Waals surface area contributed by atoms with Crippen molar-refractivity contribution in [3.63, 3.8) is 0 Å². The molecule has 0 aliphatic carbocycles. The van der Waals surface area contributed by atoms with E-state index in [1.54, 1.807) is 0 Å². The van der Waals surface area contributed by atoms with E-state index in [1.165, 1.54) is 0 Å². The second-order valence-corrected chi connectivity index (χ2v) is 8.43. The molecule has 158 valence electrons. The average Bonchev–Trinajstić information content (AvgIpc) is 2.70. The summed E-state index contributed by atoms with van der Waals surface area (Å²) in [5.41, 5.74) is 8.09. The molecule has 2 N–H and O–H groups in total. The van der Waals surface area contributed by atoms with E-state index in [0.29, 0.717) is 6.42 Å². The molecule has 6 heteroatoms. The van der Waals surface area contributed by atoms with E-state index in [9.17, 15) is 9.90 Å². The summed E-state index contributed by atoms with van der Waals surface area (Å²) >= 11 is 0. The minimum atomic E-state index is -0.666. The van der Waals surface area contributed by atoms with Gasteiger partial charge in [0.05, 0.1) is 23.9 Å². The molecule has 1 saturated heterocycles. The second kappa shape index (κ2) is 10.0.